The van der Waals surface area contributed by atoms with Gasteiger partial charge in [0.2, 0.25) is 0 Å². The van der Waals surface area contributed by atoms with Gasteiger partial charge in [-0.3, -0.25) is 0 Å². The molecule has 3 heteroatoms. The average molecular weight is 267 g/mol. The summed E-state index contributed by atoms with van der Waals surface area (Å²) in [5, 5.41) is 3.80. The normalized spacial score (nSPS) is 31.6. The van der Waals surface area contributed by atoms with Crippen LogP contribution in [0.15, 0.2) is 0 Å². The summed E-state index contributed by atoms with van der Waals surface area (Å²) in [5.41, 5.74) is 0. The summed E-state index contributed by atoms with van der Waals surface area (Å²) in [6.45, 7) is 6.98. The van der Waals surface area contributed by atoms with Crippen molar-refractivity contribution in [3.8, 4) is 0 Å². The molecule has 0 aromatic carbocycles. The fourth-order valence-electron chi connectivity index (χ4n) is 3.63. The predicted molar refractivity (Wildman–Crippen MR) is 82.6 cm³/mol. The Morgan fingerprint density at radius 1 is 1.16 bits per heavy atom. The lowest BCUT2D eigenvalue weighted by molar-refractivity contribution is 0.148. The number of fused-ring (bicyclic) bond motifs is 2. The summed E-state index contributed by atoms with van der Waals surface area (Å²) in [6.07, 6.45) is 8.24. The molecular formula is C16H33N3. The summed E-state index contributed by atoms with van der Waals surface area (Å²) < 4.78 is 0. The summed E-state index contributed by atoms with van der Waals surface area (Å²) >= 11 is 0. The summed E-state index contributed by atoms with van der Waals surface area (Å²) in [7, 11) is 4.55. The van der Waals surface area contributed by atoms with Gasteiger partial charge in [-0.1, -0.05) is 0 Å². The minimum atomic E-state index is 0.678. The van der Waals surface area contributed by atoms with Crippen LogP contribution in [-0.2, 0) is 0 Å². The fourth-order valence-corrected chi connectivity index (χ4v) is 3.63. The van der Waals surface area contributed by atoms with Crippen LogP contribution in [0.3, 0.4) is 0 Å². The van der Waals surface area contributed by atoms with E-state index in [1.54, 1.807) is 0 Å². The maximum absolute atomic E-state index is 3.80. The van der Waals surface area contributed by atoms with Gasteiger partial charge >= 0.3 is 0 Å². The highest BCUT2D eigenvalue weighted by atomic mass is 15.2. The van der Waals surface area contributed by atoms with Crippen LogP contribution < -0.4 is 5.32 Å². The van der Waals surface area contributed by atoms with Crippen molar-refractivity contribution >= 4 is 0 Å². The lowest BCUT2D eigenvalue weighted by atomic mass is 9.98. The van der Waals surface area contributed by atoms with E-state index in [0.717, 1.165) is 18.1 Å². The number of rotatable bonds is 7. The Bertz CT molecular complexity index is 253. The Morgan fingerprint density at radius 2 is 1.79 bits per heavy atom. The summed E-state index contributed by atoms with van der Waals surface area (Å²) in [6, 6.07) is 3.20. The molecule has 0 aromatic rings. The van der Waals surface area contributed by atoms with Crippen LogP contribution in [0.2, 0.25) is 0 Å². The monoisotopic (exact) mass is 267 g/mol. The van der Waals surface area contributed by atoms with Crippen molar-refractivity contribution in [1.29, 1.82) is 0 Å². The zero-order valence-electron chi connectivity index (χ0n) is 13.4. The number of nitrogens with zero attached hydrogens (tertiary/aromatic N) is 2. The second-order valence-electron chi connectivity index (χ2n) is 6.95. The third kappa shape index (κ3) is 4.17. The molecule has 2 aliphatic rings. The molecule has 2 fully saturated rings. The van der Waals surface area contributed by atoms with Crippen LogP contribution in [0, 0.1) is 0 Å². The zero-order valence-corrected chi connectivity index (χ0v) is 13.4. The molecule has 1 N–H and O–H groups in total. The van der Waals surface area contributed by atoms with Gasteiger partial charge in [-0.15, -0.1) is 0 Å². The second-order valence-corrected chi connectivity index (χ2v) is 6.95. The van der Waals surface area contributed by atoms with E-state index in [-0.39, 0.29) is 0 Å². The molecule has 2 atom stereocenters. The van der Waals surface area contributed by atoms with Crippen LogP contribution in [0.25, 0.3) is 0 Å². The largest absolute Gasteiger partial charge is 0.314 e. The van der Waals surface area contributed by atoms with E-state index in [9.17, 15) is 0 Å². The first-order chi connectivity index (χ1) is 9.08. The Labute approximate surface area is 119 Å². The second kappa shape index (κ2) is 7.05. The van der Waals surface area contributed by atoms with E-state index in [1.807, 2.05) is 0 Å². The van der Waals surface area contributed by atoms with E-state index >= 15 is 0 Å². The number of hydrogen-bond acceptors (Lipinski definition) is 3. The molecule has 112 valence electrons. The Balaban J connectivity index is 1.55. The molecule has 2 aliphatic heterocycles. The molecule has 0 aliphatic carbocycles. The molecule has 2 bridgehead atoms. The summed E-state index contributed by atoms with van der Waals surface area (Å²) in [5.74, 6) is 0. The molecule has 0 radical (unpaired) electrons. The van der Waals surface area contributed by atoms with Crippen LogP contribution >= 0.6 is 0 Å². The van der Waals surface area contributed by atoms with Crippen LogP contribution in [0.5, 0.6) is 0 Å². The molecule has 2 rings (SSSR count). The molecule has 0 aromatic heterocycles. The van der Waals surface area contributed by atoms with Gasteiger partial charge in [0.05, 0.1) is 0 Å². The maximum atomic E-state index is 3.80. The van der Waals surface area contributed by atoms with Crippen molar-refractivity contribution in [2.75, 3.05) is 27.2 Å². The molecule has 2 unspecified atom stereocenters. The number of hydrogen-bond donors (Lipinski definition) is 1. The van der Waals surface area contributed by atoms with Gasteiger partial charge < -0.3 is 15.1 Å². The van der Waals surface area contributed by atoms with Crippen molar-refractivity contribution in [2.24, 2.45) is 0 Å². The van der Waals surface area contributed by atoms with Crippen LogP contribution in [-0.4, -0.2) is 61.2 Å². The van der Waals surface area contributed by atoms with Crippen molar-refractivity contribution in [3.63, 3.8) is 0 Å². The fraction of sp³-hybridized carbons (Fsp3) is 1.00. The highest BCUT2D eigenvalue weighted by molar-refractivity contribution is 4.95. The van der Waals surface area contributed by atoms with Gasteiger partial charge in [0.15, 0.2) is 0 Å². The van der Waals surface area contributed by atoms with Crippen molar-refractivity contribution in [2.45, 2.75) is 76.5 Å². The Kier molecular flexibility index (Phi) is 5.67. The van der Waals surface area contributed by atoms with E-state index in [2.05, 4.69) is 43.1 Å². The Hall–Kier alpha value is -0.120. The molecule has 0 spiro atoms. The molecular weight excluding hydrogens is 234 g/mol. The molecule has 2 saturated heterocycles. The first-order valence-corrected chi connectivity index (χ1v) is 8.23. The Morgan fingerprint density at radius 3 is 2.37 bits per heavy atom. The molecule has 0 amide bonds. The minimum absolute atomic E-state index is 0.678. The van der Waals surface area contributed by atoms with Crippen molar-refractivity contribution in [1.82, 2.24) is 15.1 Å². The average Bonchev–Trinajstić information content (AvgIpc) is 2.61. The van der Waals surface area contributed by atoms with E-state index < -0.39 is 0 Å². The topological polar surface area (TPSA) is 18.5 Å². The first-order valence-electron chi connectivity index (χ1n) is 8.23. The van der Waals surface area contributed by atoms with Gasteiger partial charge in [-0.05, 0) is 79.6 Å². The number of piperidine rings is 1. The van der Waals surface area contributed by atoms with Crippen molar-refractivity contribution < 1.29 is 0 Å². The quantitative estimate of drug-likeness (QED) is 0.714. The van der Waals surface area contributed by atoms with Gasteiger partial charge in [-0.25, -0.2) is 0 Å². The zero-order chi connectivity index (χ0) is 13.8. The van der Waals surface area contributed by atoms with Gasteiger partial charge in [0.1, 0.15) is 0 Å². The van der Waals surface area contributed by atoms with Crippen molar-refractivity contribution in [3.05, 3.63) is 0 Å². The van der Waals surface area contributed by atoms with Gasteiger partial charge in [0.25, 0.3) is 0 Å². The van der Waals surface area contributed by atoms with E-state index in [4.69, 9.17) is 0 Å². The first kappa shape index (κ1) is 15.3. The lowest BCUT2D eigenvalue weighted by Gasteiger charge is -2.36. The molecule has 0 saturated carbocycles. The number of unbranched alkanes of at least 4 members (excludes halogenated alkanes) is 1. The SMILES string of the molecule is CC(C)N(C)CCCCNC1CC2CCC(C1)N2C. The van der Waals surface area contributed by atoms with E-state index in [1.165, 1.54) is 51.6 Å². The van der Waals surface area contributed by atoms with Gasteiger partial charge in [-0.2, -0.15) is 0 Å². The van der Waals surface area contributed by atoms with Crippen LogP contribution in [0.1, 0.15) is 52.4 Å². The highest BCUT2D eigenvalue weighted by Crippen LogP contribution is 2.34. The third-order valence-electron chi connectivity index (χ3n) is 5.35. The number of nitrogens with one attached hydrogen (secondary N) is 1. The molecule has 3 nitrogen and oxygen atoms in total. The minimum Gasteiger partial charge on any atom is -0.314 e. The molecule has 2 heterocycles. The van der Waals surface area contributed by atoms with Gasteiger partial charge in [0, 0.05) is 24.2 Å². The maximum Gasteiger partial charge on any atom is 0.0111 e. The third-order valence-corrected chi connectivity index (χ3v) is 5.35. The predicted octanol–water partition coefficient (Wildman–Crippen LogP) is 2.32. The highest BCUT2D eigenvalue weighted by Gasteiger charge is 2.37. The lowest BCUT2D eigenvalue weighted by Crippen LogP contribution is -2.47. The van der Waals surface area contributed by atoms with E-state index in [0.29, 0.717) is 6.04 Å². The smallest absolute Gasteiger partial charge is 0.0111 e. The molecule has 19 heavy (non-hydrogen) atoms. The standard InChI is InChI=1S/C16H33N3/c1-13(2)18(3)10-6-5-9-17-14-11-15-7-8-16(12-14)19(15)4/h13-17H,5-12H2,1-4H3. The summed E-state index contributed by atoms with van der Waals surface area (Å²) in [4.78, 5) is 5.06. The van der Waals surface area contributed by atoms with Crippen LogP contribution in [0.4, 0.5) is 0 Å².